The third-order valence-electron chi connectivity index (χ3n) is 2.45. The zero-order valence-corrected chi connectivity index (χ0v) is 9.07. The molecule has 0 aliphatic rings. The van der Waals surface area contributed by atoms with Crippen LogP contribution in [0.1, 0.15) is 18.2 Å². The van der Waals surface area contributed by atoms with Crippen LogP contribution in [-0.2, 0) is 6.42 Å². The summed E-state index contributed by atoms with van der Waals surface area (Å²) in [6.45, 7) is 4.08. The van der Waals surface area contributed by atoms with Gasteiger partial charge in [0, 0.05) is 6.07 Å². The van der Waals surface area contributed by atoms with Crippen LogP contribution in [0.3, 0.4) is 0 Å². The van der Waals surface area contributed by atoms with E-state index in [1.807, 2.05) is 25.1 Å². The lowest BCUT2D eigenvalue weighted by atomic mass is 10.1. The van der Waals surface area contributed by atoms with Gasteiger partial charge in [-0.3, -0.25) is 0 Å². The molecule has 3 heteroatoms. The average molecular weight is 201 g/mol. The molecule has 78 valence electrons. The van der Waals surface area contributed by atoms with Crippen LogP contribution in [0.2, 0.25) is 0 Å². The van der Waals surface area contributed by atoms with Crippen molar-refractivity contribution in [2.75, 3.05) is 5.73 Å². The van der Waals surface area contributed by atoms with E-state index in [2.05, 4.69) is 24.2 Å². The number of nitrogens with zero attached hydrogens (tertiary/aromatic N) is 2. The minimum atomic E-state index is 0.678. The Morgan fingerprint density at radius 2 is 1.93 bits per heavy atom. The fourth-order valence-electron chi connectivity index (χ4n) is 1.60. The summed E-state index contributed by atoms with van der Waals surface area (Å²) in [6.07, 6.45) is 1.05. The molecule has 15 heavy (non-hydrogen) atoms. The maximum absolute atomic E-state index is 5.84. The molecule has 1 aromatic carbocycles. The molecule has 0 atom stereocenters. The lowest BCUT2D eigenvalue weighted by Gasteiger charge is -2.04. The first kappa shape index (κ1) is 9.77. The Hall–Kier alpha value is -1.77. The van der Waals surface area contributed by atoms with Crippen molar-refractivity contribution >= 4 is 5.82 Å². The number of hydrogen-bond donors (Lipinski definition) is 1. The van der Waals surface area contributed by atoms with Gasteiger partial charge in [-0.15, -0.1) is 0 Å². The number of benzene rings is 1. The van der Waals surface area contributed by atoms with Gasteiger partial charge in [0.15, 0.2) is 0 Å². The third-order valence-corrected chi connectivity index (χ3v) is 2.45. The highest BCUT2D eigenvalue weighted by molar-refractivity contribution is 5.43. The summed E-state index contributed by atoms with van der Waals surface area (Å²) in [5.74, 6) is 0.678. The lowest BCUT2D eigenvalue weighted by molar-refractivity contribution is 0.871. The Bertz CT molecular complexity index is 454. The first-order valence-corrected chi connectivity index (χ1v) is 5.12. The molecular weight excluding hydrogens is 186 g/mol. The van der Waals surface area contributed by atoms with Crippen molar-refractivity contribution in [1.29, 1.82) is 0 Å². The first-order valence-electron chi connectivity index (χ1n) is 5.12. The van der Waals surface area contributed by atoms with Crippen molar-refractivity contribution in [3.05, 3.63) is 41.6 Å². The summed E-state index contributed by atoms with van der Waals surface area (Å²) >= 11 is 0. The number of aromatic nitrogens is 2. The van der Waals surface area contributed by atoms with Gasteiger partial charge in [-0.1, -0.05) is 19.1 Å². The molecule has 0 spiro atoms. The second kappa shape index (κ2) is 3.77. The quantitative estimate of drug-likeness (QED) is 0.810. The molecule has 1 heterocycles. The second-order valence-corrected chi connectivity index (χ2v) is 3.64. The fourth-order valence-corrected chi connectivity index (χ4v) is 1.60. The standard InChI is InChI=1S/C12H15N3/c1-3-10-4-6-11(7-5-10)15-12(13)8-9(2)14-15/h4-8H,3,13H2,1-2H3. The molecule has 0 saturated carbocycles. The molecule has 2 rings (SSSR count). The molecular formula is C12H15N3. The molecule has 0 radical (unpaired) electrons. The minimum absolute atomic E-state index is 0.678. The molecule has 0 amide bonds. The Morgan fingerprint density at radius 3 is 2.40 bits per heavy atom. The molecule has 0 bridgehead atoms. The third kappa shape index (κ3) is 1.86. The van der Waals surface area contributed by atoms with Crippen LogP contribution in [0, 0.1) is 6.92 Å². The molecule has 0 aliphatic carbocycles. The molecule has 2 N–H and O–H groups in total. The molecule has 0 saturated heterocycles. The normalized spacial score (nSPS) is 10.5. The summed E-state index contributed by atoms with van der Waals surface area (Å²) in [5, 5.41) is 4.33. The lowest BCUT2D eigenvalue weighted by Crippen LogP contribution is -2.01. The van der Waals surface area contributed by atoms with Gasteiger partial charge < -0.3 is 5.73 Å². The molecule has 0 unspecified atom stereocenters. The molecule has 0 fully saturated rings. The van der Waals surface area contributed by atoms with Gasteiger partial charge in [0.2, 0.25) is 0 Å². The van der Waals surface area contributed by atoms with E-state index in [9.17, 15) is 0 Å². The summed E-state index contributed by atoms with van der Waals surface area (Å²) in [6, 6.07) is 10.2. The van der Waals surface area contributed by atoms with Gasteiger partial charge in [-0.25, -0.2) is 4.68 Å². The van der Waals surface area contributed by atoms with E-state index >= 15 is 0 Å². The first-order chi connectivity index (χ1) is 7.20. The van der Waals surface area contributed by atoms with E-state index in [0.29, 0.717) is 5.82 Å². The number of nitrogen functional groups attached to an aromatic ring is 1. The van der Waals surface area contributed by atoms with Gasteiger partial charge >= 0.3 is 0 Å². The predicted octanol–water partition coefficient (Wildman–Crippen LogP) is 2.33. The summed E-state index contributed by atoms with van der Waals surface area (Å²) in [4.78, 5) is 0. The van der Waals surface area contributed by atoms with Crippen LogP contribution >= 0.6 is 0 Å². The van der Waals surface area contributed by atoms with Crippen molar-refractivity contribution < 1.29 is 0 Å². The van der Waals surface area contributed by atoms with Crippen molar-refractivity contribution in [1.82, 2.24) is 9.78 Å². The molecule has 3 nitrogen and oxygen atoms in total. The van der Waals surface area contributed by atoms with Crippen LogP contribution in [0.4, 0.5) is 5.82 Å². The molecule has 2 aromatic rings. The zero-order valence-electron chi connectivity index (χ0n) is 9.07. The predicted molar refractivity (Wildman–Crippen MR) is 62.1 cm³/mol. The number of aryl methyl sites for hydroxylation is 2. The van der Waals surface area contributed by atoms with E-state index in [1.165, 1.54) is 5.56 Å². The SMILES string of the molecule is CCc1ccc(-n2nc(C)cc2N)cc1. The molecule has 1 aromatic heterocycles. The van der Waals surface area contributed by atoms with Crippen LogP contribution in [0.15, 0.2) is 30.3 Å². The van der Waals surface area contributed by atoms with E-state index in [4.69, 9.17) is 5.73 Å². The van der Waals surface area contributed by atoms with Crippen molar-refractivity contribution in [3.63, 3.8) is 0 Å². The van der Waals surface area contributed by atoms with Gasteiger partial charge in [-0.05, 0) is 31.0 Å². The monoisotopic (exact) mass is 201 g/mol. The van der Waals surface area contributed by atoms with E-state index in [1.54, 1.807) is 4.68 Å². The summed E-state index contributed by atoms with van der Waals surface area (Å²) < 4.78 is 1.76. The van der Waals surface area contributed by atoms with Gasteiger partial charge in [0.1, 0.15) is 5.82 Å². The Morgan fingerprint density at radius 1 is 1.27 bits per heavy atom. The van der Waals surface area contributed by atoms with Crippen LogP contribution in [0.25, 0.3) is 5.69 Å². The van der Waals surface area contributed by atoms with Crippen LogP contribution in [0.5, 0.6) is 0 Å². The maximum atomic E-state index is 5.84. The van der Waals surface area contributed by atoms with Crippen molar-refractivity contribution in [3.8, 4) is 5.69 Å². The zero-order chi connectivity index (χ0) is 10.8. The number of anilines is 1. The number of hydrogen-bond acceptors (Lipinski definition) is 2. The molecule has 0 aliphatic heterocycles. The van der Waals surface area contributed by atoms with Crippen molar-refractivity contribution in [2.24, 2.45) is 0 Å². The average Bonchev–Trinajstić information content (AvgIpc) is 2.58. The van der Waals surface area contributed by atoms with E-state index in [-0.39, 0.29) is 0 Å². The Labute approximate surface area is 89.5 Å². The van der Waals surface area contributed by atoms with Crippen LogP contribution < -0.4 is 5.73 Å². The second-order valence-electron chi connectivity index (χ2n) is 3.64. The Kier molecular flexibility index (Phi) is 2.46. The highest BCUT2D eigenvalue weighted by Gasteiger charge is 2.03. The Balaban J connectivity index is 2.41. The number of nitrogens with two attached hydrogens (primary N) is 1. The summed E-state index contributed by atoms with van der Waals surface area (Å²) in [5.41, 5.74) is 9.11. The van der Waals surface area contributed by atoms with Gasteiger partial charge in [0.25, 0.3) is 0 Å². The largest absolute Gasteiger partial charge is 0.384 e. The fraction of sp³-hybridized carbons (Fsp3) is 0.250. The topological polar surface area (TPSA) is 43.8 Å². The van der Waals surface area contributed by atoms with Crippen LogP contribution in [-0.4, -0.2) is 9.78 Å². The van der Waals surface area contributed by atoms with Crippen molar-refractivity contribution in [2.45, 2.75) is 20.3 Å². The van der Waals surface area contributed by atoms with Gasteiger partial charge in [-0.2, -0.15) is 5.10 Å². The minimum Gasteiger partial charge on any atom is -0.384 e. The van der Waals surface area contributed by atoms with E-state index in [0.717, 1.165) is 17.8 Å². The van der Waals surface area contributed by atoms with E-state index < -0.39 is 0 Å². The maximum Gasteiger partial charge on any atom is 0.127 e. The number of rotatable bonds is 2. The smallest absolute Gasteiger partial charge is 0.127 e. The van der Waals surface area contributed by atoms with Gasteiger partial charge in [0.05, 0.1) is 11.4 Å². The summed E-state index contributed by atoms with van der Waals surface area (Å²) in [7, 11) is 0. The highest BCUT2D eigenvalue weighted by atomic mass is 15.3. The highest BCUT2D eigenvalue weighted by Crippen LogP contribution is 2.14.